The molecule has 32 heavy (non-hydrogen) atoms. The summed E-state index contributed by atoms with van der Waals surface area (Å²) >= 11 is 1.06. The Kier molecular flexibility index (Phi) is 7.63. The number of anilines is 1. The van der Waals surface area contributed by atoms with Gasteiger partial charge < -0.3 is 10.2 Å². The summed E-state index contributed by atoms with van der Waals surface area (Å²) in [5.74, 6) is -0.442. The lowest BCUT2D eigenvalue weighted by molar-refractivity contribution is -0.120. The number of carbonyl (C=O) groups is 2. The van der Waals surface area contributed by atoms with Crippen LogP contribution in [0.3, 0.4) is 0 Å². The summed E-state index contributed by atoms with van der Waals surface area (Å²) in [6, 6.07) is 12.3. The third kappa shape index (κ3) is 5.51. The molecule has 2 aromatic rings. The zero-order valence-corrected chi connectivity index (χ0v) is 20.4. The van der Waals surface area contributed by atoms with Gasteiger partial charge in [0, 0.05) is 38.0 Å². The number of rotatable bonds is 5. The molecular formula is C23H29N3O4S2. The van der Waals surface area contributed by atoms with Crippen molar-refractivity contribution in [2.24, 2.45) is 5.92 Å². The van der Waals surface area contributed by atoms with E-state index in [0.29, 0.717) is 41.4 Å². The SMILES string of the molecule is Cc1ccc(S(=O)(=O)N2CCC(C(=O)Nc3ccccc3SC(=O)N(C)C)CC2)cc1C. The van der Waals surface area contributed by atoms with E-state index in [9.17, 15) is 18.0 Å². The lowest BCUT2D eigenvalue weighted by Crippen LogP contribution is -2.41. The van der Waals surface area contributed by atoms with E-state index in [4.69, 9.17) is 0 Å². The summed E-state index contributed by atoms with van der Waals surface area (Å²) in [7, 11) is -0.228. The fraction of sp³-hybridized carbons (Fsp3) is 0.391. The summed E-state index contributed by atoms with van der Waals surface area (Å²) in [4.78, 5) is 27.4. The highest BCUT2D eigenvalue weighted by atomic mass is 32.2. The Labute approximate surface area is 194 Å². The van der Waals surface area contributed by atoms with Crippen molar-refractivity contribution in [3.63, 3.8) is 0 Å². The molecule has 1 aliphatic rings. The molecule has 7 nitrogen and oxygen atoms in total. The lowest BCUT2D eigenvalue weighted by atomic mass is 9.97. The van der Waals surface area contributed by atoms with E-state index in [2.05, 4.69) is 5.32 Å². The number of thioether (sulfide) groups is 1. The molecule has 2 amide bonds. The number of carbonyl (C=O) groups excluding carboxylic acids is 2. The quantitative estimate of drug-likeness (QED) is 0.658. The number of aryl methyl sites for hydroxylation is 2. The predicted octanol–water partition coefficient (Wildman–Crippen LogP) is 4.12. The van der Waals surface area contributed by atoms with Crippen molar-refractivity contribution < 1.29 is 18.0 Å². The molecule has 0 aliphatic carbocycles. The predicted molar refractivity (Wildman–Crippen MR) is 127 cm³/mol. The summed E-state index contributed by atoms with van der Waals surface area (Å²) in [5.41, 5.74) is 2.57. The third-order valence-electron chi connectivity index (χ3n) is 5.65. The van der Waals surface area contributed by atoms with Crippen LogP contribution < -0.4 is 5.32 Å². The van der Waals surface area contributed by atoms with Gasteiger partial charge in [0.25, 0.3) is 5.24 Å². The minimum absolute atomic E-state index is 0.128. The van der Waals surface area contributed by atoms with Crippen LogP contribution in [0.25, 0.3) is 0 Å². The van der Waals surface area contributed by atoms with Gasteiger partial charge in [0.2, 0.25) is 15.9 Å². The number of nitrogens with zero attached hydrogens (tertiary/aromatic N) is 2. The molecule has 0 atom stereocenters. The average Bonchev–Trinajstić information content (AvgIpc) is 2.76. The van der Waals surface area contributed by atoms with Crippen LogP contribution in [-0.4, -0.2) is 56.0 Å². The van der Waals surface area contributed by atoms with E-state index in [1.807, 2.05) is 26.0 Å². The summed E-state index contributed by atoms with van der Waals surface area (Å²) in [6.07, 6.45) is 0.893. The van der Waals surface area contributed by atoms with E-state index in [0.717, 1.165) is 22.9 Å². The molecule has 1 saturated heterocycles. The van der Waals surface area contributed by atoms with Crippen molar-refractivity contribution in [1.82, 2.24) is 9.21 Å². The third-order valence-corrected chi connectivity index (χ3v) is 8.66. The maximum Gasteiger partial charge on any atom is 0.286 e. The van der Waals surface area contributed by atoms with E-state index in [1.54, 1.807) is 44.4 Å². The minimum atomic E-state index is -3.58. The topological polar surface area (TPSA) is 86.8 Å². The number of nitrogens with one attached hydrogen (secondary N) is 1. The normalized spacial score (nSPS) is 15.4. The first-order valence-corrected chi connectivity index (χ1v) is 12.7. The highest BCUT2D eigenvalue weighted by Crippen LogP contribution is 2.30. The van der Waals surface area contributed by atoms with Gasteiger partial charge in [0.1, 0.15) is 0 Å². The number of sulfonamides is 1. The first-order chi connectivity index (χ1) is 15.1. The van der Waals surface area contributed by atoms with Crippen LogP contribution in [0.1, 0.15) is 24.0 Å². The Morgan fingerprint density at radius 2 is 1.69 bits per heavy atom. The molecule has 2 aromatic carbocycles. The number of amides is 2. The minimum Gasteiger partial charge on any atom is -0.339 e. The van der Waals surface area contributed by atoms with Crippen molar-refractivity contribution in [2.75, 3.05) is 32.5 Å². The first kappa shape index (κ1) is 24.3. The van der Waals surface area contributed by atoms with Gasteiger partial charge in [-0.1, -0.05) is 18.2 Å². The molecule has 0 saturated carbocycles. The van der Waals surface area contributed by atoms with E-state index in [1.165, 1.54) is 9.21 Å². The molecule has 0 spiro atoms. The first-order valence-electron chi connectivity index (χ1n) is 10.5. The van der Waals surface area contributed by atoms with Gasteiger partial charge >= 0.3 is 0 Å². The summed E-state index contributed by atoms with van der Waals surface area (Å²) in [5, 5.41) is 2.80. The largest absolute Gasteiger partial charge is 0.339 e. The Hall–Kier alpha value is -2.36. The van der Waals surface area contributed by atoms with Crippen LogP contribution in [0.4, 0.5) is 10.5 Å². The van der Waals surface area contributed by atoms with Crippen LogP contribution in [0.2, 0.25) is 0 Å². The molecule has 3 rings (SSSR count). The number of piperidine rings is 1. The standard InChI is InChI=1S/C23H29N3O4S2/c1-16-9-10-19(15-17(16)2)32(29,30)26-13-11-18(12-14-26)22(27)24-20-7-5-6-8-21(20)31-23(28)25(3)4/h5-10,15,18H,11-14H2,1-4H3,(H,24,27). The fourth-order valence-corrected chi connectivity index (χ4v) is 5.76. The lowest BCUT2D eigenvalue weighted by Gasteiger charge is -2.30. The molecule has 172 valence electrons. The van der Waals surface area contributed by atoms with Gasteiger partial charge in [-0.05, 0) is 73.8 Å². The van der Waals surface area contributed by atoms with Crippen LogP contribution >= 0.6 is 11.8 Å². The van der Waals surface area contributed by atoms with Gasteiger partial charge in [-0.2, -0.15) is 4.31 Å². The number of benzene rings is 2. The Morgan fingerprint density at radius 1 is 1.03 bits per heavy atom. The van der Waals surface area contributed by atoms with Gasteiger partial charge in [0.15, 0.2) is 0 Å². The summed E-state index contributed by atoms with van der Waals surface area (Å²) in [6.45, 7) is 4.43. The molecule has 9 heteroatoms. The monoisotopic (exact) mass is 475 g/mol. The molecule has 1 aliphatic heterocycles. The van der Waals surface area contributed by atoms with Gasteiger partial charge in [-0.15, -0.1) is 0 Å². The Morgan fingerprint density at radius 3 is 2.31 bits per heavy atom. The number of hydrogen-bond acceptors (Lipinski definition) is 5. The second-order valence-corrected chi connectivity index (χ2v) is 11.1. The van der Waals surface area contributed by atoms with Gasteiger partial charge in [-0.25, -0.2) is 8.42 Å². The zero-order chi connectivity index (χ0) is 23.5. The van der Waals surface area contributed by atoms with Gasteiger partial charge in [0.05, 0.1) is 10.6 Å². The average molecular weight is 476 g/mol. The maximum absolute atomic E-state index is 13.0. The van der Waals surface area contributed by atoms with Crippen molar-refractivity contribution in [2.45, 2.75) is 36.5 Å². The molecule has 0 bridgehead atoms. The Bertz CT molecular complexity index is 1110. The van der Waals surface area contributed by atoms with Crippen molar-refractivity contribution in [1.29, 1.82) is 0 Å². The molecule has 1 N–H and O–H groups in total. The van der Waals surface area contributed by atoms with E-state index >= 15 is 0 Å². The van der Waals surface area contributed by atoms with Crippen molar-refractivity contribution in [3.8, 4) is 0 Å². The molecule has 1 fully saturated rings. The smallest absolute Gasteiger partial charge is 0.286 e. The zero-order valence-electron chi connectivity index (χ0n) is 18.8. The molecular weight excluding hydrogens is 446 g/mol. The van der Waals surface area contributed by atoms with Crippen molar-refractivity contribution in [3.05, 3.63) is 53.6 Å². The van der Waals surface area contributed by atoms with Crippen LogP contribution in [0.15, 0.2) is 52.3 Å². The summed E-state index contributed by atoms with van der Waals surface area (Å²) < 4.78 is 27.5. The Balaban J connectivity index is 1.64. The van der Waals surface area contributed by atoms with Crippen LogP contribution in [0, 0.1) is 19.8 Å². The number of hydrogen-bond donors (Lipinski definition) is 1. The van der Waals surface area contributed by atoms with Crippen LogP contribution in [-0.2, 0) is 14.8 Å². The molecule has 0 radical (unpaired) electrons. The van der Waals surface area contributed by atoms with Gasteiger partial charge in [-0.3, -0.25) is 9.59 Å². The fourth-order valence-electron chi connectivity index (χ4n) is 3.46. The van der Waals surface area contributed by atoms with E-state index < -0.39 is 10.0 Å². The van der Waals surface area contributed by atoms with E-state index in [-0.39, 0.29) is 17.1 Å². The molecule has 0 unspecified atom stereocenters. The van der Waals surface area contributed by atoms with Crippen LogP contribution in [0.5, 0.6) is 0 Å². The highest BCUT2D eigenvalue weighted by molar-refractivity contribution is 8.13. The maximum atomic E-state index is 13.0. The second-order valence-electron chi connectivity index (χ2n) is 8.17. The second kappa shape index (κ2) is 10.1. The van der Waals surface area contributed by atoms with Crippen molar-refractivity contribution >= 4 is 38.6 Å². The molecule has 0 aromatic heterocycles. The number of para-hydroxylation sites is 1. The molecule has 1 heterocycles. The highest BCUT2D eigenvalue weighted by Gasteiger charge is 2.32.